The first-order chi connectivity index (χ1) is 8.79. The summed E-state index contributed by atoms with van der Waals surface area (Å²) in [7, 11) is 1.66. The van der Waals surface area contributed by atoms with E-state index in [1.54, 1.807) is 13.3 Å². The Kier molecular flexibility index (Phi) is 4.46. The number of carbonyl (C=O) groups is 1. The maximum Gasteiger partial charge on any atom is 0.227 e. The van der Waals surface area contributed by atoms with Crippen LogP contribution in [0.3, 0.4) is 0 Å². The maximum absolute atomic E-state index is 11.2. The van der Waals surface area contributed by atoms with Gasteiger partial charge >= 0.3 is 0 Å². The third-order valence-electron chi connectivity index (χ3n) is 2.86. The summed E-state index contributed by atoms with van der Waals surface area (Å²) >= 11 is 0. The van der Waals surface area contributed by atoms with E-state index in [0.717, 1.165) is 5.82 Å². The van der Waals surface area contributed by atoms with Gasteiger partial charge in [0, 0.05) is 45.8 Å². The highest BCUT2D eigenvalue weighted by Gasteiger charge is 2.18. The summed E-state index contributed by atoms with van der Waals surface area (Å²) in [6.45, 7) is 2.77. The molecule has 6 heteroatoms. The lowest BCUT2D eigenvalue weighted by molar-refractivity contribution is -0.119. The summed E-state index contributed by atoms with van der Waals surface area (Å²) in [6, 6.07) is 1.83. The molecule has 0 aliphatic carbocycles. The van der Waals surface area contributed by atoms with Crippen LogP contribution in [0, 0.1) is 0 Å². The van der Waals surface area contributed by atoms with Gasteiger partial charge in [-0.05, 0) is 6.07 Å². The minimum atomic E-state index is 0.320. The van der Waals surface area contributed by atoms with Crippen molar-refractivity contribution < 1.29 is 9.53 Å². The molecule has 6 nitrogen and oxygen atoms in total. The quantitative estimate of drug-likeness (QED) is 0.776. The Morgan fingerprint density at radius 2 is 2.22 bits per heavy atom. The van der Waals surface area contributed by atoms with Gasteiger partial charge in [0.2, 0.25) is 5.95 Å². The van der Waals surface area contributed by atoms with E-state index in [0.29, 0.717) is 50.8 Å². The van der Waals surface area contributed by atoms with Gasteiger partial charge in [0.15, 0.2) is 0 Å². The molecule has 1 aliphatic rings. The first-order valence-corrected chi connectivity index (χ1v) is 6.12. The van der Waals surface area contributed by atoms with Crippen molar-refractivity contribution in [3.8, 4) is 0 Å². The monoisotopic (exact) mass is 250 g/mol. The van der Waals surface area contributed by atoms with Crippen LogP contribution < -0.4 is 10.2 Å². The Morgan fingerprint density at radius 3 is 2.94 bits per heavy atom. The van der Waals surface area contributed by atoms with Crippen LogP contribution in [0.4, 0.5) is 11.8 Å². The normalized spacial score (nSPS) is 15.8. The number of ether oxygens (including phenoxy) is 1. The molecule has 0 unspecified atom stereocenters. The molecule has 1 aromatic rings. The highest BCUT2D eigenvalue weighted by atomic mass is 16.5. The third-order valence-corrected chi connectivity index (χ3v) is 2.86. The molecule has 0 radical (unpaired) electrons. The number of nitrogens with one attached hydrogen (secondary N) is 1. The molecule has 0 amide bonds. The van der Waals surface area contributed by atoms with E-state index in [1.807, 2.05) is 11.0 Å². The summed E-state index contributed by atoms with van der Waals surface area (Å²) < 4.78 is 4.97. The van der Waals surface area contributed by atoms with Crippen LogP contribution in [0.15, 0.2) is 12.3 Å². The van der Waals surface area contributed by atoms with Gasteiger partial charge in [-0.2, -0.15) is 4.98 Å². The predicted molar refractivity (Wildman–Crippen MR) is 68.9 cm³/mol. The predicted octanol–water partition coefficient (Wildman–Crippen LogP) is 0.704. The molecule has 0 spiro atoms. The zero-order valence-corrected chi connectivity index (χ0v) is 10.6. The highest BCUT2D eigenvalue weighted by Crippen LogP contribution is 2.15. The molecule has 2 heterocycles. The fourth-order valence-electron chi connectivity index (χ4n) is 1.84. The number of Topliss-reactive ketones (excluding diaryl/α,β-unsaturated/α-hetero) is 1. The summed E-state index contributed by atoms with van der Waals surface area (Å²) in [5.41, 5.74) is 0. The van der Waals surface area contributed by atoms with Crippen LogP contribution in [0.2, 0.25) is 0 Å². The van der Waals surface area contributed by atoms with Crippen LogP contribution >= 0.6 is 0 Å². The molecule has 1 saturated heterocycles. The molecular weight excluding hydrogens is 232 g/mol. The maximum atomic E-state index is 11.2. The van der Waals surface area contributed by atoms with Crippen molar-refractivity contribution in [3.05, 3.63) is 12.3 Å². The molecule has 98 valence electrons. The Labute approximate surface area is 106 Å². The third kappa shape index (κ3) is 3.40. The van der Waals surface area contributed by atoms with E-state index in [-0.39, 0.29) is 0 Å². The number of piperidine rings is 1. The van der Waals surface area contributed by atoms with Crippen LogP contribution in [0.25, 0.3) is 0 Å². The van der Waals surface area contributed by atoms with E-state index in [2.05, 4.69) is 15.3 Å². The fraction of sp³-hybridized carbons (Fsp3) is 0.583. The second-order valence-electron chi connectivity index (χ2n) is 4.19. The van der Waals surface area contributed by atoms with E-state index in [9.17, 15) is 4.79 Å². The highest BCUT2D eigenvalue weighted by molar-refractivity contribution is 5.80. The second-order valence-corrected chi connectivity index (χ2v) is 4.19. The van der Waals surface area contributed by atoms with E-state index >= 15 is 0 Å². The van der Waals surface area contributed by atoms with Crippen molar-refractivity contribution >= 4 is 17.5 Å². The van der Waals surface area contributed by atoms with Gasteiger partial charge in [0.05, 0.1) is 6.61 Å². The van der Waals surface area contributed by atoms with Crippen LogP contribution in [-0.2, 0) is 9.53 Å². The minimum absolute atomic E-state index is 0.320. The van der Waals surface area contributed by atoms with E-state index in [4.69, 9.17) is 4.74 Å². The molecule has 1 N–H and O–H groups in total. The van der Waals surface area contributed by atoms with Crippen LogP contribution in [0.5, 0.6) is 0 Å². The number of hydrogen-bond donors (Lipinski definition) is 1. The lowest BCUT2D eigenvalue weighted by Crippen LogP contribution is -2.35. The van der Waals surface area contributed by atoms with Gasteiger partial charge in [-0.1, -0.05) is 0 Å². The van der Waals surface area contributed by atoms with Gasteiger partial charge in [0.25, 0.3) is 0 Å². The SMILES string of the molecule is COCCNc1ccnc(N2CCC(=O)CC2)n1. The molecule has 2 rings (SSSR count). The molecule has 1 fully saturated rings. The lowest BCUT2D eigenvalue weighted by atomic mass is 10.1. The Hall–Kier alpha value is -1.69. The molecule has 1 aromatic heterocycles. The molecule has 0 aromatic carbocycles. The number of rotatable bonds is 5. The van der Waals surface area contributed by atoms with Crippen molar-refractivity contribution in [3.63, 3.8) is 0 Å². The first kappa shape index (κ1) is 12.8. The zero-order valence-electron chi connectivity index (χ0n) is 10.6. The molecular formula is C12H18N4O2. The first-order valence-electron chi connectivity index (χ1n) is 6.12. The van der Waals surface area contributed by atoms with Crippen LogP contribution in [0.1, 0.15) is 12.8 Å². The number of anilines is 2. The molecule has 1 aliphatic heterocycles. The van der Waals surface area contributed by atoms with Gasteiger partial charge in [-0.15, -0.1) is 0 Å². The summed E-state index contributed by atoms with van der Waals surface area (Å²) in [4.78, 5) is 21.9. The zero-order chi connectivity index (χ0) is 12.8. The largest absolute Gasteiger partial charge is 0.383 e. The Balaban J connectivity index is 1.96. The van der Waals surface area contributed by atoms with Gasteiger partial charge in [-0.3, -0.25) is 4.79 Å². The number of carbonyl (C=O) groups excluding carboxylic acids is 1. The Bertz CT molecular complexity index is 401. The number of ketones is 1. The number of nitrogens with zero attached hydrogens (tertiary/aromatic N) is 3. The average molecular weight is 250 g/mol. The van der Waals surface area contributed by atoms with Crippen LogP contribution in [-0.4, -0.2) is 49.1 Å². The minimum Gasteiger partial charge on any atom is -0.383 e. The Morgan fingerprint density at radius 1 is 1.44 bits per heavy atom. The molecule has 18 heavy (non-hydrogen) atoms. The summed E-state index contributed by atoms with van der Waals surface area (Å²) in [5, 5.41) is 3.16. The number of hydrogen-bond acceptors (Lipinski definition) is 6. The van der Waals surface area contributed by atoms with E-state index in [1.165, 1.54) is 0 Å². The number of aromatic nitrogens is 2. The summed E-state index contributed by atoms with van der Waals surface area (Å²) in [6.07, 6.45) is 2.91. The molecule has 0 bridgehead atoms. The molecule has 0 atom stereocenters. The van der Waals surface area contributed by atoms with E-state index < -0.39 is 0 Å². The van der Waals surface area contributed by atoms with Crippen molar-refractivity contribution in [2.45, 2.75) is 12.8 Å². The van der Waals surface area contributed by atoms with Crippen molar-refractivity contribution in [1.29, 1.82) is 0 Å². The van der Waals surface area contributed by atoms with Crippen molar-refractivity contribution in [2.24, 2.45) is 0 Å². The average Bonchev–Trinajstić information content (AvgIpc) is 2.40. The van der Waals surface area contributed by atoms with Crippen molar-refractivity contribution in [1.82, 2.24) is 9.97 Å². The van der Waals surface area contributed by atoms with Crippen molar-refractivity contribution in [2.75, 3.05) is 43.6 Å². The summed E-state index contributed by atoms with van der Waals surface area (Å²) in [5.74, 6) is 1.79. The van der Waals surface area contributed by atoms with Gasteiger partial charge in [-0.25, -0.2) is 4.98 Å². The topological polar surface area (TPSA) is 67.3 Å². The second kappa shape index (κ2) is 6.30. The lowest BCUT2D eigenvalue weighted by Gasteiger charge is -2.26. The fourth-order valence-corrected chi connectivity index (χ4v) is 1.84. The standard InChI is InChI=1S/C12H18N4O2/c1-18-9-6-13-11-2-5-14-12(15-11)16-7-3-10(17)4-8-16/h2,5H,3-4,6-9H2,1H3,(H,13,14,15). The number of methoxy groups -OCH3 is 1. The smallest absolute Gasteiger partial charge is 0.227 e. The molecule has 0 saturated carbocycles. The van der Waals surface area contributed by atoms with Gasteiger partial charge in [0.1, 0.15) is 11.6 Å². The van der Waals surface area contributed by atoms with Gasteiger partial charge < -0.3 is 15.0 Å².